The number of carbonyl (C=O) groups is 1. The van der Waals surface area contributed by atoms with Crippen molar-refractivity contribution in [3.63, 3.8) is 0 Å². The number of benzene rings is 2. The predicted molar refractivity (Wildman–Crippen MR) is 123 cm³/mol. The summed E-state index contributed by atoms with van der Waals surface area (Å²) in [6, 6.07) is 14.3. The van der Waals surface area contributed by atoms with E-state index in [1.165, 1.54) is 0 Å². The highest BCUT2D eigenvalue weighted by molar-refractivity contribution is 5.79. The van der Waals surface area contributed by atoms with Gasteiger partial charge in [-0.25, -0.2) is 4.68 Å². The lowest BCUT2D eigenvalue weighted by atomic mass is 9.90. The Labute approximate surface area is 189 Å². The average Bonchev–Trinajstić information content (AvgIpc) is 3.51. The van der Waals surface area contributed by atoms with E-state index in [2.05, 4.69) is 16.1 Å². The van der Waals surface area contributed by atoms with Crippen LogP contribution in [0.4, 0.5) is 0 Å². The number of ether oxygens (including phenoxy) is 1. The maximum absolute atomic E-state index is 12.0. The summed E-state index contributed by atoms with van der Waals surface area (Å²) in [4.78, 5) is 14.1. The van der Waals surface area contributed by atoms with Gasteiger partial charge in [0, 0.05) is 37.7 Å². The summed E-state index contributed by atoms with van der Waals surface area (Å²) in [6.45, 7) is 4.22. The molecule has 1 aromatic heterocycles. The Hall–Kier alpha value is -3.27. The number of likely N-dealkylation sites (N-methyl/N-ethyl adjacent to an activating group) is 1. The number of hydrogen-bond donors (Lipinski definition) is 0. The highest BCUT2D eigenvalue weighted by atomic mass is 16.5. The van der Waals surface area contributed by atoms with Crippen molar-refractivity contribution in [2.75, 3.05) is 20.2 Å². The Morgan fingerprint density at radius 1 is 1.34 bits per heavy atom. The second kappa shape index (κ2) is 9.90. The van der Waals surface area contributed by atoms with Crippen molar-refractivity contribution < 1.29 is 9.53 Å². The van der Waals surface area contributed by atoms with E-state index < -0.39 is 0 Å². The maximum atomic E-state index is 12.0. The fourth-order valence-corrected chi connectivity index (χ4v) is 4.44. The normalized spacial score (nSPS) is 15.8. The summed E-state index contributed by atoms with van der Waals surface area (Å²) in [5.41, 5.74) is 6.07. The van der Waals surface area contributed by atoms with Gasteiger partial charge in [-0.05, 0) is 79.8 Å². The first kappa shape index (κ1) is 21.9. The highest BCUT2D eigenvalue weighted by Gasteiger charge is 2.20. The average molecular weight is 429 g/mol. The lowest BCUT2D eigenvalue weighted by Gasteiger charge is -2.23. The molecule has 6 heteroatoms. The molecule has 1 aliphatic rings. The van der Waals surface area contributed by atoms with Gasteiger partial charge in [-0.15, -0.1) is 0 Å². The van der Waals surface area contributed by atoms with Crippen molar-refractivity contribution in [1.82, 2.24) is 14.7 Å². The van der Waals surface area contributed by atoms with Crippen molar-refractivity contribution in [2.24, 2.45) is 0 Å². The third-order valence-corrected chi connectivity index (χ3v) is 6.13. The van der Waals surface area contributed by atoms with Crippen molar-refractivity contribution in [2.45, 2.75) is 38.8 Å². The number of aldehydes is 1. The van der Waals surface area contributed by atoms with Gasteiger partial charge in [-0.2, -0.15) is 10.4 Å². The second-order valence-corrected chi connectivity index (χ2v) is 8.46. The van der Waals surface area contributed by atoms with E-state index in [-0.39, 0.29) is 6.10 Å². The molecular weight excluding hydrogens is 400 g/mol. The summed E-state index contributed by atoms with van der Waals surface area (Å²) in [5.74, 6) is 0. The number of nitriles is 1. The monoisotopic (exact) mass is 428 g/mol. The number of nitrogens with zero attached hydrogens (tertiary/aromatic N) is 4. The molecule has 1 unspecified atom stereocenters. The van der Waals surface area contributed by atoms with Crippen LogP contribution in [-0.2, 0) is 17.7 Å². The highest BCUT2D eigenvalue weighted by Crippen LogP contribution is 2.26. The van der Waals surface area contributed by atoms with E-state index in [1.807, 2.05) is 56.6 Å². The van der Waals surface area contributed by atoms with E-state index in [0.717, 1.165) is 60.2 Å². The Bertz CT molecular complexity index is 1110. The molecule has 1 saturated heterocycles. The SMILES string of the molecule is Cc1c(C#N)c(Cc2ccc(-n3cccn3)cc2)cc(C=O)c1CN(C)CC1CCCO1. The molecule has 6 nitrogen and oxygen atoms in total. The van der Waals surface area contributed by atoms with Crippen LogP contribution in [-0.4, -0.2) is 47.3 Å². The van der Waals surface area contributed by atoms with Crippen LogP contribution in [0.1, 0.15) is 51.0 Å². The molecule has 1 aliphatic heterocycles. The molecule has 0 spiro atoms. The number of rotatable bonds is 8. The zero-order valence-electron chi connectivity index (χ0n) is 18.6. The van der Waals surface area contributed by atoms with Gasteiger partial charge in [-0.1, -0.05) is 12.1 Å². The summed E-state index contributed by atoms with van der Waals surface area (Å²) in [7, 11) is 2.04. The molecule has 1 atom stereocenters. The molecule has 0 N–H and O–H groups in total. The number of carbonyl (C=O) groups excluding carboxylic acids is 1. The molecule has 2 aromatic carbocycles. The van der Waals surface area contributed by atoms with E-state index in [0.29, 0.717) is 24.1 Å². The fraction of sp³-hybridized carbons (Fsp3) is 0.346. The molecule has 1 fully saturated rings. The van der Waals surface area contributed by atoms with Crippen LogP contribution in [0.5, 0.6) is 0 Å². The first-order chi connectivity index (χ1) is 15.6. The Morgan fingerprint density at radius 2 is 2.16 bits per heavy atom. The van der Waals surface area contributed by atoms with E-state index in [1.54, 1.807) is 10.9 Å². The van der Waals surface area contributed by atoms with Crippen LogP contribution in [0.25, 0.3) is 5.69 Å². The number of aromatic nitrogens is 2. The summed E-state index contributed by atoms with van der Waals surface area (Å²) in [5, 5.41) is 14.2. The minimum atomic E-state index is 0.249. The van der Waals surface area contributed by atoms with Gasteiger partial charge in [0.25, 0.3) is 0 Å². The summed E-state index contributed by atoms with van der Waals surface area (Å²) >= 11 is 0. The Morgan fingerprint density at radius 3 is 2.78 bits per heavy atom. The third-order valence-electron chi connectivity index (χ3n) is 6.13. The van der Waals surface area contributed by atoms with E-state index in [4.69, 9.17) is 4.74 Å². The van der Waals surface area contributed by atoms with Crippen molar-refractivity contribution in [1.29, 1.82) is 5.26 Å². The molecule has 2 heterocycles. The topological polar surface area (TPSA) is 71.2 Å². The molecule has 0 aliphatic carbocycles. The van der Waals surface area contributed by atoms with Crippen LogP contribution < -0.4 is 0 Å². The van der Waals surface area contributed by atoms with Gasteiger partial charge in [0.15, 0.2) is 0 Å². The van der Waals surface area contributed by atoms with E-state index in [9.17, 15) is 10.1 Å². The van der Waals surface area contributed by atoms with Crippen molar-refractivity contribution in [3.05, 3.63) is 82.2 Å². The minimum absolute atomic E-state index is 0.249. The fourth-order valence-electron chi connectivity index (χ4n) is 4.44. The minimum Gasteiger partial charge on any atom is -0.377 e. The zero-order valence-corrected chi connectivity index (χ0v) is 18.6. The van der Waals surface area contributed by atoms with Gasteiger partial charge in [0.05, 0.1) is 23.4 Å². The summed E-state index contributed by atoms with van der Waals surface area (Å²) < 4.78 is 7.55. The molecule has 164 valence electrons. The molecular formula is C26H28N4O2. The first-order valence-electron chi connectivity index (χ1n) is 11.0. The molecule has 0 bridgehead atoms. The van der Waals surface area contributed by atoms with Gasteiger partial charge in [-0.3, -0.25) is 9.69 Å². The predicted octanol–water partition coefficient (Wildman–Crippen LogP) is 4.07. The largest absolute Gasteiger partial charge is 0.377 e. The van der Waals surface area contributed by atoms with Crippen LogP contribution in [0.2, 0.25) is 0 Å². The molecule has 0 saturated carbocycles. The number of hydrogen-bond acceptors (Lipinski definition) is 5. The van der Waals surface area contributed by atoms with E-state index >= 15 is 0 Å². The maximum Gasteiger partial charge on any atom is 0.150 e. The Balaban J connectivity index is 1.57. The third kappa shape index (κ3) is 4.80. The van der Waals surface area contributed by atoms with Crippen LogP contribution in [0.15, 0.2) is 48.8 Å². The smallest absolute Gasteiger partial charge is 0.150 e. The molecule has 32 heavy (non-hydrogen) atoms. The summed E-state index contributed by atoms with van der Waals surface area (Å²) in [6.07, 6.45) is 7.58. The lowest BCUT2D eigenvalue weighted by molar-refractivity contribution is 0.0792. The first-order valence-corrected chi connectivity index (χ1v) is 11.0. The van der Waals surface area contributed by atoms with Gasteiger partial charge < -0.3 is 4.74 Å². The molecule has 0 radical (unpaired) electrons. The Kier molecular flexibility index (Phi) is 6.79. The van der Waals surface area contributed by atoms with Crippen molar-refractivity contribution in [3.8, 4) is 11.8 Å². The zero-order chi connectivity index (χ0) is 22.5. The van der Waals surface area contributed by atoms with Gasteiger partial charge in [0.2, 0.25) is 0 Å². The standard InChI is InChI=1S/C26H28N4O2/c1-19-25(15-27)21(13-20-6-8-23(9-7-20)30-11-4-10-28-30)14-22(18-31)26(19)17-29(2)16-24-5-3-12-32-24/h4,6-11,14,18,24H,3,5,12-13,16-17H2,1-2H3. The van der Waals surface area contributed by atoms with Crippen molar-refractivity contribution >= 4 is 6.29 Å². The molecule has 0 amide bonds. The van der Waals surface area contributed by atoms with Crippen LogP contribution >= 0.6 is 0 Å². The molecule has 3 aromatic rings. The quantitative estimate of drug-likeness (QED) is 0.506. The lowest BCUT2D eigenvalue weighted by Crippen LogP contribution is -2.29. The molecule has 4 rings (SSSR count). The van der Waals surface area contributed by atoms with Crippen LogP contribution in [0, 0.1) is 18.3 Å². The second-order valence-electron chi connectivity index (χ2n) is 8.46. The van der Waals surface area contributed by atoms with Gasteiger partial charge >= 0.3 is 0 Å². The van der Waals surface area contributed by atoms with Crippen LogP contribution in [0.3, 0.4) is 0 Å². The van der Waals surface area contributed by atoms with Gasteiger partial charge in [0.1, 0.15) is 6.29 Å².